The van der Waals surface area contributed by atoms with Crippen molar-refractivity contribution in [2.45, 2.75) is 38.8 Å². The van der Waals surface area contributed by atoms with Gasteiger partial charge in [-0.15, -0.1) is 0 Å². The van der Waals surface area contributed by atoms with Crippen LogP contribution in [0.3, 0.4) is 0 Å². The second-order valence-corrected chi connectivity index (χ2v) is 6.35. The summed E-state index contributed by atoms with van der Waals surface area (Å²) >= 11 is 7.11. The Hall–Kier alpha value is -0.100. The molecule has 1 aromatic rings. The largest absolute Gasteiger partial charge is 0.486 e. The Morgan fingerprint density at radius 2 is 1.84 bits per heavy atom. The fraction of sp³-hybridized carbons (Fsp3) is 0.571. The molecule has 0 aliphatic heterocycles. The number of ether oxygens (including phenoxy) is 2. The molecule has 0 heterocycles. The third-order valence-electron chi connectivity index (χ3n) is 2.80. The zero-order chi connectivity index (χ0) is 14.4. The van der Waals surface area contributed by atoms with E-state index in [1.165, 1.54) is 5.56 Å². The molecule has 0 spiro atoms. The fourth-order valence-corrected chi connectivity index (χ4v) is 3.23. The zero-order valence-electron chi connectivity index (χ0n) is 11.6. The summed E-state index contributed by atoms with van der Waals surface area (Å²) in [6.45, 7) is 4.63. The molecule has 0 fully saturated rings. The fourth-order valence-electron chi connectivity index (χ4n) is 1.76. The number of rotatable bonds is 7. The lowest BCUT2D eigenvalue weighted by atomic mass is 10.0. The van der Waals surface area contributed by atoms with Crippen molar-refractivity contribution in [1.29, 1.82) is 0 Å². The highest BCUT2D eigenvalue weighted by Gasteiger charge is 2.13. The highest BCUT2D eigenvalue weighted by molar-refractivity contribution is 9.11. The van der Waals surface area contributed by atoms with E-state index < -0.39 is 0 Å². The van der Waals surface area contributed by atoms with Gasteiger partial charge in [-0.3, -0.25) is 0 Å². The molecule has 0 bridgehead atoms. The van der Waals surface area contributed by atoms with E-state index in [1.807, 2.05) is 6.92 Å². The van der Waals surface area contributed by atoms with Crippen LogP contribution in [0.25, 0.3) is 0 Å². The third kappa shape index (κ3) is 5.42. The molecular formula is C14H21Br2NO2. The first-order chi connectivity index (χ1) is 8.97. The Bertz CT molecular complexity index is 389. The molecule has 19 heavy (non-hydrogen) atoms. The molecule has 0 radical (unpaired) electrons. The minimum atomic E-state index is 0.00125. The molecule has 0 aliphatic carbocycles. The van der Waals surface area contributed by atoms with Crippen LogP contribution in [0, 0.1) is 0 Å². The van der Waals surface area contributed by atoms with Gasteiger partial charge in [-0.25, -0.2) is 0 Å². The lowest BCUT2D eigenvalue weighted by Crippen LogP contribution is -2.21. The Kier molecular flexibility index (Phi) is 7.36. The van der Waals surface area contributed by atoms with Crippen LogP contribution in [0.5, 0.6) is 5.75 Å². The van der Waals surface area contributed by atoms with Gasteiger partial charge in [0.2, 0.25) is 0 Å². The lowest BCUT2D eigenvalue weighted by molar-refractivity contribution is 0.0910. The van der Waals surface area contributed by atoms with E-state index in [4.69, 9.17) is 15.2 Å². The molecule has 2 N–H and O–H groups in total. The van der Waals surface area contributed by atoms with Crippen molar-refractivity contribution in [2.75, 3.05) is 13.7 Å². The molecule has 1 aromatic carbocycles. The molecule has 2 atom stereocenters. The van der Waals surface area contributed by atoms with E-state index in [9.17, 15) is 0 Å². The van der Waals surface area contributed by atoms with Crippen LogP contribution in [0.2, 0.25) is 0 Å². The summed E-state index contributed by atoms with van der Waals surface area (Å²) in [6.07, 6.45) is 1.83. The van der Waals surface area contributed by atoms with Crippen molar-refractivity contribution in [3.8, 4) is 5.75 Å². The van der Waals surface area contributed by atoms with Gasteiger partial charge >= 0.3 is 0 Å². The number of benzene rings is 1. The molecule has 0 aromatic heterocycles. The van der Waals surface area contributed by atoms with Gasteiger partial charge in [0.15, 0.2) is 0 Å². The normalized spacial score (nSPS) is 14.2. The Morgan fingerprint density at radius 3 is 2.32 bits per heavy atom. The van der Waals surface area contributed by atoms with Crippen LogP contribution in [-0.2, 0) is 11.2 Å². The van der Waals surface area contributed by atoms with Gasteiger partial charge in [0.25, 0.3) is 0 Å². The number of halogens is 2. The van der Waals surface area contributed by atoms with E-state index in [-0.39, 0.29) is 12.1 Å². The smallest absolute Gasteiger partial charge is 0.148 e. The number of nitrogens with two attached hydrogens (primary N) is 1. The summed E-state index contributed by atoms with van der Waals surface area (Å²) < 4.78 is 12.8. The summed E-state index contributed by atoms with van der Waals surface area (Å²) in [4.78, 5) is 0. The summed E-state index contributed by atoms with van der Waals surface area (Å²) in [5.41, 5.74) is 7.18. The Labute approximate surface area is 132 Å². The third-order valence-corrected chi connectivity index (χ3v) is 3.98. The second kappa shape index (κ2) is 8.25. The maximum absolute atomic E-state index is 5.99. The minimum absolute atomic E-state index is 0.00125. The maximum Gasteiger partial charge on any atom is 0.148 e. The van der Waals surface area contributed by atoms with Crippen molar-refractivity contribution in [1.82, 2.24) is 0 Å². The number of hydrogen-bond donors (Lipinski definition) is 1. The van der Waals surface area contributed by atoms with E-state index in [0.29, 0.717) is 6.61 Å². The predicted molar refractivity (Wildman–Crippen MR) is 85.8 cm³/mol. The standard InChI is InChI=1S/C14H21Br2NO2/c1-4-11(17)5-10-6-12(15)14(13(16)7-10)19-9(2)8-18-3/h6-7,9,11H,4-5,8,17H2,1-3H3. The van der Waals surface area contributed by atoms with Crippen molar-refractivity contribution in [2.24, 2.45) is 5.73 Å². The summed E-state index contributed by atoms with van der Waals surface area (Å²) in [5.74, 6) is 0.804. The van der Waals surface area contributed by atoms with Crippen LogP contribution in [0.15, 0.2) is 21.1 Å². The van der Waals surface area contributed by atoms with E-state index in [0.717, 1.165) is 27.5 Å². The first-order valence-corrected chi connectivity index (χ1v) is 7.95. The van der Waals surface area contributed by atoms with E-state index in [2.05, 4.69) is 50.9 Å². The topological polar surface area (TPSA) is 44.5 Å². The average molecular weight is 395 g/mol. The predicted octanol–water partition coefficient (Wildman–Crippen LogP) is 3.91. The van der Waals surface area contributed by atoms with Gasteiger partial charge in [0.1, 0.15) is 11.9 Å². The van der Waals surface area contributed by atoms with Crippen molar-refractivity contribution >= 4 is 31.9 Å². The summed E-state index contributed by atoms with van der Waals surface area (Å²) in [5, 5.41) is 0. The molecule has 108 valence electrons. The van der Waals surface area contributed by atoms with Crippen molar-refractivity contribution in [3.05, 3.63) is 26.6 Å². The molecule has 5 heteroatoms. The lowest BCUT2D eigenvalue weighted by Gasteiger charge is -2.18. The highest BCUT2D eigenvalue weighted by atomic mass is 79.9. The van der Waals surface area contributed by atoms with Gasteiger partial charge in [0, 0.05) is 13.2 Å². The average Bonchev–Trinajstić information content (AvgIpc) is 2.34. The van der Waals surface area contributed by atoms with E-state index >= 15 is 0 Å². The maximum atomic E-state index is 5.99. The van der Waals surface area contributed by atoms with Crippen LogP contribution in [0.4, 0.5) is 0 Å². The van der Waals surface area contributed by atoms with Gasteiger partial charge in [-0.1, -0.05) is 6.92 Å². The molecule has 0 amide bonds. The summed E-state index contributed by atoms with van der Waals surface area (Å²) in [6, 6.07) is 4.32. The first-order valence-electron chi connectivity index (χ1n) is 6.37. The van der Waals surface area contributed by atoms with Crippen LogP contribution < -0.4 is 10.5 Å². The molecule has 2 unspecified atom stereocenters. The van der Waals surface area contributed by atoms with Crippen LogP contribution >= 0.6 is 31.9 Å². The second-order valence-electron chi connectivity index (χ2n) is 4.64. The number of hydrogen-bond acceptors (Lipinski definition) is 3. The van der Waals surface area contributed by atoms with Gasteiger partial charge in [-0.2, -0.15) is 0 Å². The monoisotopic (exact) mass is 393 g/mol. The van der Waals surface area contributed by atoms with Gasteiger partial charge < -0.3 is 15.2 Å². The molecular weight excluding hydrogens is 374 g/mol. The number of methoxy groups -OCH3 is 1. The minimum Gasteiger partial charge on any atom is -0.486 e. The SMILES string of the molecule is CCC(N)Cc1cc(Br)c(OC(C)COC)c(Br)c1. The molecule has 1 rings (SSSR count). The first kappa shape index (κ1) is 17.0. The molecule has 0 aliphatic rings. The van der Waals surface area contributed by atoms with Gasteiger partial charge in [-0.05, 0) is 69.3 Å². The molecule has 3 nitrogen and oxygen atoms in total. The molecule has 0 saturated heterocycles. The summed E-state index contributed by atoms with van der Waals surface area (Å²) in [7, 11) is 1.67. The van der Waals surface area contributed by atoms with Crippen molar-refractivity contribution < 1.29 is 9.47 Å². The Balaban J connectivity index is 2.85. The molecule has 0 saturated carbocycles. The van der Waals surface area contributed by atoms with Gasteiger partial charge in [0.05, 0.1) is 15.6 Å². The quantitative estimate of drug-likeness (QED) is 0.762. The zero-order valence-corrected chi connectivity index (χ0v) is 14.8. The highest BCUT2D eigenvalue weighted by Crippen LogP contribution is 2.35. The van der Waals surface area contributed by atoms with Crippen LogP contribution in [-0.4, -0.2) is 25.9 Å². The Morgan fingerprint density at radius 1 is 1.26 bits per heavy atom. The van der Waals surface area contributed by atoms with Crippen LogP contribution in [0.1, 0.15) is 25.8 Å². The van der Waals surface area contributed by atoms with E-state index in [1.54, 1.807) is 7.11 Å². The van der Waals surface area contributed by atoms with Crippen molar-refractivity contribution in [3.63, 3.8) is 0 Å².